The molecule has 3 heteroatoms. The maximum Gasteiger partial charge on any atom is 0.0726 e. The van der Waals surface area contributed by atoms with Gasteiger partial charge in [0.15, 0.2) is 0 Å². The molecule has 1 fully saturated rings. The van der Waals surface area contributed by atoms with Gasteiger partial charge in [-0.05, 0) is 58.9 Å². The van der Waals surface area contributed by atoms with Crippen LogP contribution in [-0.4, -0.2) is 28.7 Å². The highest BCUT2D eigenvalue weighted by molar-refractivity contribution is 5.85. The SMILES string of the molecule is CC(C)(C)[C@]1(O)CCN2C[C@H]3Cc4ccccc4Cc4cccc(c43)[C@@H]2C1.Cl. The topological polar surface area (TPSA) is 23.5 Å². The molecule has 28 heavy (non-hydrogen) atoms. The van der Waals surface area contributed by atoms with Crippen molar-refractivity contribution in [3.05, 3.63) is 70.3 Å². The van der Waals surface area contributed by atoms with Crippen LogP contribution in [0, 0.1) is 5.41 Å². The number of nitrogens with zero attached hydrogens (tertiary/aromatic N) is 1. The van der Waals surface area contributed by atoms with E-state index in [0.29, 0.717) is 12.0 Å². The Morgan fingerprint density at radius 1 is 1.00 bits per heavy atom. The summed E-state index contributed by atoms with van der Waals surface area (Å²) in [5.41, 5.74) is 6.92. The van der Waals surface area contributed by atoms with Crippen LogP contribution in [-0.2, 0) is 12.8 Å². The predicted molar refractivity (Wildman–Crippen MR) is 117 cm³/mol. The third-order valence-electron chi connectivity index (χ3n) is 7.60. The lowest BCUT2D eigenvalue weighted by atomic mass is 9.66. The summed E-state index contributed by atoms with van der Waals surface area (Å²) in [4.78, 5) is 2.66. The van der Waals surface area contributed by atoms with E-state index in [1.54, 1.807) is 5.56 Å². The van der Waals surface area contributed by atoms with Crippen molar-refractivity contribution in [3.8, 4) is 0 Å². The van der Waals surface area contributed by atoms with Crippen LogP contribution >= 0.6 is 12.4 Å². The molecule has 2 heterocycles. The van der Waals surface area contributed by atoms with Crippen molar-refractivity contribution in [1.29, 1.82) is 0 Å². The number of fused-ring (bicyclic) bond motifs is 3. The van der Waals surface area contributed by atoms with Crippen LogP contribution in [0.2, 0.25) is 0 Å². The monoisotopic (exact) mass is 397 g/mol. The standard InChI is InChI=1S/C25H31NO.ClH/c1-24(2,3)25(27)11-12-26-16-20-14-18-8-5-4-7-17(18)13-19-9-6-10-21(23(19)20)22(26)15-25;/h4-10,20,22,27H,11-16H2,1-3H3;1H/t20-,22+,25+;/m1./s1. The molecule has 3 atom stereocenters. The van der Waals surface area contributed by atoms with Gasteiger partial charge in [0.2, 0.25) is 0 Å². The highest BCUT2D eigenvalue weighted by Gasteiger charge is 2.49. The number of halogens is 1. The quantitative estimate of drug-likeness (QED) is 0.654. The summed E-state index contributed by atoms with van der Waals surface area (Å²) in [6.07, 6.45) is 3.93. The van der Waals surface area contributed by atoms with Crippen molar-refractivity contribution in [1.82, 2.24) is 4.90 Å². The zero-order valence-corrected chi connectivity index (χ0v) is 18.1. The number of benzene rings is 2. The molecule has 5 rings (SSSR count). The highest BCUT2D eigenvalue weighted by atomic mass is 35.5. The van der Waals surface area contributed by atoms with Crippen molar-refractivity contribution in [2.45, 2.75) is 64.0 Å². The van der Waals surface area contributed by atoms with Gasteiger partial charge in [0, 0.05) is 25.0 Å². The summed E-state index contributed by atoms with van der Waals surface area (Å²) in [6.45, 7) is 8.70. The first-order chi connectivity index (χ1) is 12.9. The minimum atomic E-state index is -0.586. The number of rotatable bonds is 0. The Bertz CT molecular complexity index is 886. The number of aliphatic hydroxyl groups is 1. The van der Waals surface area contributed by atoms with Crippen molar-refractivity contribution in [2.24, 2.45) is 5.41 Å². The molecule has 0 saturated carbocycles. The highest BCUT2D eigenvalue weighted by Crippen LogP contribution is 2.51. The van der Waals surface area contributed by atoms with Gasteiger partial charge < -0.3 is 5.11 Å². The molecule has 150 valence electrons. The average Bonchev–Trinajstić information content (AvgIpc) is 2.79. The summed E-state index contributed by atoms with van der Waals surface area (Å²) in [7, 11) is 0. The van der Waals surface area contributed by atoms with Crippen LogP contribution in [0.1, 0.15) is 73.4 Å². The van der Waals surface area contributed by atoms with Gasteiger partial charge in [-0.25, -0.2) is 0 Å². The normalized spacial score (nSPS) is 29.0. The molecule has 2 aromatic carbocycles. The summed E-state index contributed by atoms with van der Waals surface area (Å²) < 4.78 is 0. The van der Waals surface area contributed by atoms with E-state index in [1.807, 2.05) is 0 Å². The van der Waals surface area contributed by atoms with Crippen LogP contribution in [0.4, 0.5) is 0 Å². The van der Waals surface area contributed by atoms with Crippen LogP contribution < -0.4 is 0 Å². The Hall–Kier alpha value is -1.35. The van der Waals surface area contributed by atoms with E-state index >= 15 is 0 Å². The van der Waals surface area contributed by atoms with Crippen LogP contribution in [0.25, 0.3) is 0 Å². The molecule has 2 aromatic rings. The van der Waals surface area contributed by atoms with Gasteiger partial charge in [-0.3, -0.25) is 4.90 Å². The molecular weight excluding hydrogens is 366 g/mol. The zero-order valence-electron chi connectivity index (χ0n) is 17.2. The molecule has 0 unspecified atom stereocenters. The summed E-state index contributed by atoms with van der Waals surface area (Å²) in [5, 5.41) is 11.4. The molecule has 1 N–H and O–H groups in total. The number of hydrogen-bond acceptors (Lipinski definition) is 2. The van der Waals surface area contributed by atoms with Gasteiger partial charge >= 0.3 is 0 Å². The van der Waals surface area contributed by atoms with E-state index in [1.165, 1.54) is 22.3 Å². The second-order valence-electron chi connectivity index (χ2n) is 10.0. The lowest BCUT2D eigenvalue weighted by molar-refractivity contribution is -0.120. The van der Waals surface area contributed by atoms with Crippen LogP contribution in [0.5, 0.6) is 0 Å². The van der Waals surface area contributed by atoms with Gasteiger partial charge in [-0.15, -0.1) is 12.4 Å². The van der Waals surface area contributed by atoms with Crippen molar-refractivity contribution in [2.75, 3.05) is 13.1 Å². The molecular formula is C25H32ClNO. The number of hydrogen-bond donors (Lipinski definition) is 1. The molecule has 0 amide bonds. The maximum absolute atomic E-state index is 11.4. The Morgan fingerprint density at radius 2 is 1.71 bits per heavy atom. The first kappa shape index (κ1) is 19.9. The van der Waals surface area contributed by atoms with E-state index in [-0.39, 0.29) is 17.8 Å². The fourth-order valence-corrected chi connectivity index (χ4v) is 5.76. The third kappa shape index (κ3) is 3.01. The smallest absolute Gasteiger partial charge is 0.0726 e. The van der Waals surface area contributed by atoms with Gasteiger partial charge in [0.25, 0.3) is 0 Å². The Morgan fingerprint density at radius 3 is 2.46 bits per heavy atom. The van der Waals surface area contributed by atoms with Gasteiger partial charge in [-0.2, -0.15) is 0 Å². The van der Waals surface area contributed by atoms with Crippen molar-refractivity contribution < 1.29 is 5.11 Å². The Labute approximate surface area is 175 Å². The van der Waals surface area contributed by atoms with Crippen LogP contribution in [0.3, 0.4) is 0 Å². The fourth-order valence-electron chi connectivity index (χ4n) is 5.76. The van der Waals surface area contributed by atoms with Gasteiger partial charge in [0.05, 0.1) is 5.60 Å². The Kier molecular flexibility index (Phi) is 4.89. The molecule has 0 bridgehead atoms. The first-order valence-corrected chi connectivity index (χ1v) is 10.5. The van der Waals surface area contributed by atoms with E-state index in [0.717, 1.165) is 38.8 Å². The maximum atomic E-state index is 11.4. The molecule has 0 spiro atoms. The van der Waals surface area contributed by atoms with Crippen LogP contribution in [0.15, 0.2) is 42.5 Å². The molecule has 0 radical (unpaired) electrons. The molecule has 3 aliphatic rings. The molecule has 1 saturated heterocycles. The van der Waals surface area contributed by atoms with Crippen molar-refractivity contribution in [3.63, 3.8) is 0 Å². The molecule has 2 aliphatic heterocycles. The average molecular weight is 398 g/mol. The summed E-state index contributed by atoms with van der Waals surface area (Å²) in [5.74, 6) is 0.580. The number of piperidine rings is 1. The van der Waals surface area contributed by atoms with E-state index in [2.05, 4.69) is 68.1 Å². The largest absolute Gasteiger partial charge is 0.389 e. The van der Waals surface area contributed by atoms with Gasteiger partial charge in [0.1, 0.15) is 0 Å². The van der Waals surface area contributed by atoms with Crippen molar-refractivity contribution >= 4 is 12.4 Å². The molecule has 2 nitrogen and oxygen atoms in total. The second-order valence-corrected chi connectivity index (χ2v) is 10.0. The Balaban J connectivity index is 0.00000192. The lowest BCUT2D eigenvalue weighted by Gasteiger charge is -2.53. The zero-order chi connectivity index (χ0) is 18.8. The first-order valence-electron chi connectivity index (χ1n) is 10.5. The summed E-state index contributed by atoms with van der Waals surface area (Å²) in [6, 6.07) is 16.3. The third-order valence-corrected chi connectivity index (χ3v) is 7.60. The van der Waals surface area contributed by atoms with E-state index < -0.39 is 5.60 Å². The molecule has 1 aliphatic carbocycles. The minimum absolute atomic E-state index is 0. The fraction of sp³-hybridized carbons (Fsp3) is 0.520. The second kappa shape index (κ2) is 6.86. The predicted octanol–water partition coefficient (Wildman–Crippen LogP) is 5.27. The van der Waals surface area contributed by atoms with Gasteiger partial charge in [-0.1, -0.05) is 63.2 Å². The summed E-state index contributed by atoms with van der Waals surface area (Å²) >= 11 is 0. The lowest BCUT2D eigenvalue weighted by Crippen LogP contribution is -2.55. The van der Waals surface area contributed by atoms with E-state index in [4.69, 9.17) is 0 Å². The van der Waals surface area contributed by atoms with E-state index in [9.17, 15) is 5.11 Å². The minimum Gasteiger partial charge on any atom is -0.389 e. The molecule has 0 aromatic heterocycles.